The quantitative estimate of drug-likeness (QED) is 0.288. The number of esters is 1. The van der Waals surface area contributed by atoms with Crippen molar-refractivity contribution in [1.82, 2.24) is 0 Å². The molecule has 0 aliphatic rings. The van der Waals surface area contributed by atoms with Gasteiger partial charge in [0.1, 0.15) is 16.4 Å². The van der Waals surface area contributed by atoms with Crippen LogP contribution in [0.4, 0.5) is 15.1 Å². The summed E-state index contributed by atoms with van der Waals surface area (Å²) in [6.45, 7) is 1.92. The van der Waals surface area contributed by atoms with Gasteiger partial charge in [-0.15, -0.1) is 11.3 Å². The minimum atomic E-state index is -0.541. The molecule has 2 N–H and O–H groups in total. The second-order valence-corrected chi connectivity index (χ2v) is 8.27. The second kappa shape index (κ2) is 10.8. The van der Waals surface area contributed by atoms with E-state index in [4.69, 9.17) is 4.74 Å². The molecule has 7 heteroatoms. The molecule has 0 saturated heterocycles. The van der Waals surface area contributed by atoms with E-state index >= 15 is 0 Å². The molecule has 0 spiro atoms. The van der Waals surface area contributed by atoms with Gasteiger partial charge in [-0.05, 0) is 36.2 Å². The fourth-order valence-corrected chi connectivity index (χ4v) is 4.52. The summed E-state index contributed by atoms with van der Waals surface area (Å²) >= 11 is 1.23. The van der Waals surface area contributed by atoms with E-state index in [2.05, 4.69) is 10.6 Å². The first-order chi connectivity index (χ1) is 16.6. The van der Waals surface area contributed by atoms with Gasteiger partial charge in [-0.25, -0.2) is 9.18 Å². The van der Waals surface area contributed by atoms with Gasteiger partial charge >= 0.3 is 5.97 Å². The van der Waals surface area contributed by atoms with E-state index in [1.54, 1.807) is 24.4 Å². The number of hydrogen-bond acceptors (Lipinski definition) is 5. The van der Waals surface area contributed by atoms with E-state index in [1.165, 1.54) is 23.5 Å². The van der Waals surface area contributed by atoms with E-state index in [9.17, 15) is 14.0 Å². The average molecular weight is 475 g/mol. The van der Waals surface area contributed by atoms with Crippen molar-refractivity contribution in [2.75, 3.05) is 23.8 Å². The van der Waals surface area contributed by atoms with Crippen molar-refractivity contribution in [3.05, 3.63) is 95.6 Å². The summed E-state index contributed by atoms with van der Waals surface area (Å²) < 4.78 is 18.6. The number of carbonyl (C=O) groups excluding carboxylic acids is 2. The molecule has 3 aromatic carbocycles. The van der Waals surface area contributed by atoms with E-state index in [0.717, 1.165) is 16.8 Å². The smallest absolute Gasteiger partial charge is 0.341 e. The molecule has 0 aliphatic carbocycles. The Morgan fingerprint density at radius 1 is 0.882 bits per heavy atom. The first-order valence-corrected chi connectivity index (χ1v) is 11.7. The summed E-state index contributed by atoms with van der Waals surface area (Å²) in [4.78, 5) is 25.5. The number of halogens is 1. The van der Waals surface area contributed by atoms with Crippen LogP contribution in [0.25, 0.3) is 22.3 Å². The monoisotopic (exact) mass is 474 g/mol. The zero-order valence-electron chi connectivity index (χ0n) is 18.5. The maximum absolute atomic E-state index is 13.4. The number of ether oxygens (including phenoxy) is 1. The minimum absolute atomic E-state index is 0.00982. The number of anilines is 2. The highest BCUT2D eigenvalue weighted by Gasteiger charge is 2.23. The van der Waals surface area contributed by atoms with E-state index < -0.39 is 5.97 Å². The molecule has 4 rings (SSSR count). The molecule has 5 nitrogen and oxygen atoms in total. The predicted octanol–water partition coefficient (Wildman–Crippen LogP) is 6.45. The molecule has 1 aromatic heterocycles. The van der Waals surface area contributed by atoms with Crippen LogP contribution in [0.15, 0.2) is 84.2 Å². The lowest BCUT2D eigenvalue weighted by atomic mass is 10.0. The fraction of sp³-hybridized carbons (Fsp3) is 0.111. The number of hydrogen-bond donors (Lipinski definition) is 2. The van der Waals surface area contributed by atoms with E-state index in [-0.39, 0.29) is 30.4 Å². The molecular weight excluding hydrogens is 451 g/mol. The van der Waals surface area contributed by atoms with Crippen LogP contribution in [-0.2, 0) is 9.53 Å². The summed E-state index contributed by atoms with van der Waals surface area (Å²) in [5, 5.41) is 8.16. The van der Waals surface area contributed by atoms with Gasteiger partial charge in [0.25, 0.3) is 0 Å². The number of rotatable bonds is 8. The molecule has 0 atom stereocenters. The Morgan fingerprint density at radius 3 is 2.29 bits per heavy atom. The van der Waals surface area contributed by atoms with Crippen LogP contribution in [0.3, 0.4) is 0 Å². The summed E-state index contributed by atoms with van der Waals surface area (Å²) in [5.41, 5.74) is 4.36. The summed E-state index contributed by atoms with van der Waals surface area (Å²) in [7, 11) is 0. The van der Waals surface area contributed by atoms with Gasteiger partial charge in [0.05, 0.1) is 13.2 Å². The summed E-state index contributed by atoms with van der Waals surface area (Å²) in [5.74, 6) is -1.21. The number of carbonyl (C=O) groups is 2. The van der Waals surface area contributed by atoms with Crippen LogP contribution in [0.2, 0.25) is 0 Å². The highest BCUT2D eigenvalue weighted by Crippen LogP contribution is 2.36. The third-order valence-corrected chi connectivity index (χ3v) is 6.03. The topological polar surface area (TPSA) is 67.4 Å². The van der Waals surface area contributed by atoms with Gasteiger partial charge in [-0.3, -0.25) is 4.79 Å². The second-order valence-electron chi connectivity index (χ2n) is 7.39. The zero-order chi connectivity index (χ0) is 23.9. The Hall–Kier alpha value is -3.97. The Bertz CT molecular complexity index is 1290. The van der Waals surface area contributed by atoms with Gasteiger partial charge in [0.15, 0.2) is 0 Å². The lowest BCUT2D eigenvalue weighted by molar-refractivity contribution is -0.114. The predicted molar refractivity (Wildman–Crippen MR) is 135 cm³/mol. The maximum Gasteiger partial charge on any atom is 0.341 e. The van der Waals surface area contributed by atoms with Crippen molar-refractivity contribution in [3.63, 3.8) is 0 Å². The molecule has 0 saturated carbocycles. The molecule has 172 valence electrons. The molecule has 0 fully saturated rings. The molecule has 34 heavy (non-hydrogen) atoms. The van der Waals surface area contributed by atoms with Crippen LogP contribution in [0, 0.1) is 5.82 Å². The van der Waals surface area contributed by atoms with Crippen LogP contribution >= 0.6 is 11.3 Å². The Kier molecular flexibility index (Phi) is 7.34. The first-order valence-electron chi connectivity index (χ1n) is 10.8. The van der Waals surface area contributed by atoms with Crippen LogP contribution in [-0.4, -0.2) is 25.0 Å². The first kappa shape index (κ1) is 23.2. The lowest BCUT2D eigenvalue weighted by Crippen LogP contribution is -2.22. The summed E-state index contributed by atoms with van der Waals surface area (Å²) in [6.07, 6.45) is 0. The Balaban J connectivity index is 1.53. The van der Waals surface area contributed by atoms with Gasteiger partial charge in [0, 0.05) is 22.2 Å². The molecule has 4 aromatic rings. The number of amides is 1. The third-order valence-electron chi connectivity index (χ3n) is 5.13. The SMILES string of the molecule is CCOC(=O)c1c(-c2ccc(F)cc2)csc1NC(=O)CNc1ccccc1-c1ccccc1. The van der Waals surface area contributed by atoms with Gasteiger partial charge in [0.2, 0.25) is 5.91 Å². The van der Waals surface area contributed by atoms with Crippen LogP contribution in [0.5, 0.6) is 0 Å². The van der Waals surface area contributed by atoms with Crippen molar-refractivity contribution in [2.45, 2.75) is 6.92 Å². The van der Waals surface area contributed by atoms with Crippen molar-refractivity contribution in [3.8, 4) is 22.3 Å². The van der Waals surface area contributed by atoms with Gasteiger partial charge < -0.3 is 15.4 Å². The van der Waals surface area contributed by atoms with E-state index in [0.29, 0.717) is 16.1 Å². The molecule has 1 heterocycles. The van der Waals surface area contributed by atoms with Crippen LogP contribution in [0.1, 0.15) is 17.3 Å². The maximum atomic E-state index is 13.4. The Labute approximate surface area is 201 Å². The van der Waals surface area contributed by atoms with Gasteiger partial charge in [-0.2, -0.15) is 0 Å². The highest BCUT2D eigenvalue weighted by molar-refractivity contribution is 7.15. The number of benzene rings is 3. The molecule has 1 amide bonds. The molecule has 0 bridgehead atoms. The molecule has 0 unspecified atom stereocenters. The molecular formula is C27H23FN2O3S. The summed E-state index contributed by atoms with van der Waals surface area (Å²) in [6, 6.07) is 23.5. The van der Waals surface area contributed by atoms with Crippen molar-refractivity contribution in [1.29, 1.82) is 0 Å². The number of thiophene rings is 1. The van der Waals surface area contributed by atoms with E-state index in [1.807, 2.05) is 54.6 Å². The zero-order valence-corrected chi connectivity index (χ0v) is 19.3. The third kappa shape index (κ3) is 5.32. The fourth-order valence-electron chi connectivity index (χ4n) is 3.55. The van der Waals surface area contributed by atoms with Crippen LogP contribution < -0.4 is 10.6 Å². The number of nitrogens with one attached hydrogen (secondary N) is 2. The van der Waals surface area contributed by atoms with Gasteiger partial charge in [-0.1, -0.05) is 60.7 Å². The average Bonchev–Trinajstić information content (AvgIpc) is 3.27. The Morgan fingerprint density at radius 2 is 1.56 bits per heavy atom. The van der Waals surface area contributed by atoms with Crippen molar-refractivity contribution >= 4 is 33.9 Å². The molecule has 0 radical (unpaired) electrons. The largest absolute Gasteiger partial charge is 0.462 e. The lowest BCUT2D eigenvalue weighted by Gasteiger charge is -2.13. The normalized spacial score (nSPS) is 10.5. The van der Waals surface area contributed by atoms with Crippen molar-refractivity contribution in [2.24, 2.45) is 0 Å². The standard InChI is InChI=1S/C27H23FN2O3S/c1-2-33-27(32)25-22(19-12-14-20(28)15-13-19)17-34-26(25)30-24(31)16-29-23-11-7-6-10-21(23)18-8-4-3-5-9-18/h3-15,17,29H,2,16H2,1H3,(H,30,31). The molecule has 0 aliphatic heterocycles. The highest BCUT2D eigenvalue weighted by atomic mass is 32.1. The number of para-hydroxylation sites is 1. The van der Waals surface area contributed by atoms with Crippen molar-refractivity contribution < 1.29 is 18.7 Å². The minimum Gasteiger partial charge on any atom is -0.462 e.